The van der Waals surface area contributed by atoms with Crippen LogP contribution in [0.1, 0.15) is 30.9 Å². The fraction of sp³-hybridized carbons (Fsp3) is 0.320. The largest absolute Gasteiger partial charge is 0.368 e. The number of anilines is 2. The molecule has 2 aliphatic heterocycles. The van der Waals surface area contributed by atoms with Crippen molar-refractivity contribution < 1.29 is 18.0 Å². The standard InChI is InChI=1S/C25H25Cl2N5O4S/c1-15-5-7-16(8-6-15)13-25(2)23(34)31(19-11-17(26)10-18(27)12-19)24-29-14-21(32(24)25)37(35,36)30-9-3-4-20(30)22(28)33/h5-8,10-12,14,20H,3-4,9,13H2,1-2H3,(H2,28,33)/t20-,25+/m0/s1. The van der Waals surface area contributed by atoms with E-state index < -0.39 is 27.5 Å². The van der Waals surface area contributed by atoms with Gasteiger partial charge < -0.3 is 5.73 Å². The van der Waals surface area contributed by atoms with E-state index in [1.54, 1.807) is 25.1 Å². The number of fused-ring (bicyclic) bond motifs is 1. The molecule has 0 aliphatic carbocycles. The zero-order valence-electron chi connectivity index (χ0n) is 20.2. The predicted molar refractivity (Wildman–Crippen MR) is 140 cm³/mol. The normalized spacial score (nSPS) is 22.0. The molecule has 0 unspecified atom stereocenters. The Morgan fingerprint density at radius 3 is 2.43 bits per heavy atom. The molecule has 0 spiro atoms. The molecule has 2 aliphatic rings. The summed E-state index contributed by atoms with van der Waals surface area (Å²) in [4.78, 5) is 31.8. The van der Waals surface area contributed by atoms with Crippen LogP contribution in [0, 0.1) is 6.92 Å². The second-order valence-electron chi connectivity index (χ2n) is 9.61. The first kappa shape index (κ1) is 25.7. The molecule has 9 nitrogen and oxygen atoms in total. The monoisotopic (exact) mass is 561 g/mol. The van der Waals surface area contributed by atoms with E-state index in [0.29, 0.717) is 28.6 Å². The number of amides is 2. The fourth-order valence-electron chi connectivity index (χ4n) is 5.15. The molecule has 0 radical (unpaired) electrons. The summed E-state index contributed by atoms with van der Waals surface area (Å²) in [5.41, 5.74) is 6.41. The zero-order chi connectivity index (χ0) is 26.7. The number of hydrogen-bond donors (Lipinski definition) is 1. The van der Waals surface area contributed by atoms with Crippen molar-refractivity contribution >= 4 is 56.7 Å². The van der Waals surface area contributed by atoms with Gasteiger partial charge in [-0.15, -0.1) is 0 Å². The van der Waals surface area contributed by atoms with Crippen molar-refractivity contribution in [2.24, 2.45) is 5.73 Å². The summed E-state index contributed by atoms with van der Waals surface area (Å²) in [6, 6.07) is 11.4. The number of hydrogen-bond acceptors (Lipinski definition) is 5. The molecule has 1 aromatic heterocycles. The van der Waals surface area contributed by atoms with Crippen molar-refractivity contribution in [1.82, 2.24) is 13.9 Å². The molecule has 2 amide bonds. The minimum absolute atomic E-state index is 0.117. The summed E-state index contributed by atoms with van der Waals surface area (Å²) in [6.45, 7) is 3.79. The van der Waals surface area contributed by atoms with Crippen LogP contribution in [0.3, 0.4) is 0 Å². The average molecular weight is 562 g/mol. The number of nitrogens with two attached hydrogens (primary N) is 1. The Morgan fingerprint density at radius 1 is 1.16 bits per heavy atom. The molecule has 2 aromatic carbocycles. The molecule has 194 valence electrons. The Bertz CT molecular complexity index is 1500. The molecule has 1 saturated heterocycles. The second kappa shape index (κ2) is 9.13. The number of aryl methyl sites for hydroxylation is 1. The van der Waals surface area contributed by atoms with Gasteiger partial charge in [0.25, 0.3) is 15.9 Å². The minimum Gasteiger partial charge on any atom is -0.368 e. The van der Waals surface area contributed by atoms with E-state index in [0.717, 1.165) is 15.4 Å². The van der Waals surface area contributed by atoms with Gasteiger partial charge in [0.1, 0.15) is 11.6 Å². The van der Waals surface area contributed by atoms with E-state index in [2.05, 4.69) is 4.98 Å². The highest BCUT2D eigenvalue weighted by Crippen LogP contribution is 2.45. The topological polar surface area (TPSA) is 119 Å². The SMILES string of the molecule is Cc1ccc(C[C@]2(C)C(=O)N(c3cc(Cl)cc(Cl)c3)c3ncc(S(=O)(=O)N4CCC[C@H]4C(N)=O)n32)cc1. The molecule has 12 heteroatoms. The molecule has 2 atom stereocenters. The van der Waals surface area contributed by atoms with E-state index in [4.69, 9.17) is 28.9 Å². The fourth-order valence-corrected chi connectivity index (χ4v) is 7.52. The maximum atomic E-state index is 14.1. The van der Waals surface area contributed by atoms with Crippen molar-refractivity contribution in [2.75, 3.05) is 11.4 Å². The van der Waals surface area contributed by atoms with Crippen LogP contribution in [0.15, 0.2) is 53.7 Å². The molecule has 3 aromatic rings. The Labute approximate surface area is 224 Å². The number of imidazole rings is 1. The number of primary amides is 1. The van der Waals surface area contributed by atoms with Gasteiger partial charge in [0.2, 0.25) is 11.9 Å². The van der Waals surface area contributed by atoms with E-state index in [-0.39, 0.29) is 29.8 Å². The zero-order valence-corrected chi connectivity index (χ0v) is 22.5. The Morgan fingerprint density at radius 2 is 1.81 bits per heavy atom. The van der Waals surface area contributed by atoms with E-state index >= 15 is 0 Å². The lowest BCUT2D eigenvalue weighted by Gasteiger charge is -2.28. The lowest BCUT2D eigenvalue weighted by Crippen LogP contribution is -2.46. The molecule has 2 N–H and O–H groups in total. The molecule has 0 bridgehead atoms. The van der Waals surface area contributed by atoms with Crippen LogP contribution in [-0.2, 0) is 31.6 Å². The van der Waals surface area contributed by atoms with Crippen molar-refractivity contribution in [3.05, 3.63) is 69.8 Å². The predicted octanol–water partition coefficient (Wildman–Crippen LogP) is 3.77. The highest BCUT2D eigenvalue weighted by atomic mass is 35.5. The number of aromatic nitrogens is 2. The third-order valence-electron chi connectivity index (χ3n) is 6.95. The maximum absolute atomic E-state index is 14.1. The van der Waals surface area contributed by atoms with Crippen molar-refractivity contribution in [1.29, 1.82) is 0 Å². The summed E-state index contributed by atoms with van der Waals surface area (Å²) in [5, 5.41) is 0.443. The first-order valence-corrected chi connectivity index (χ1v) is 13.9. The van der Waals surface area contributed by atoms with Crippen LogP contribution in [-0.4, -0.2) is 46.7 Å². The van der Waals surface area contributed by atoms with Gasteiger partial charge >= 0.3 is 0 Å². The quantitative estimate of drug-likeness (QED) is 0.491. The smallest absolute Gasteiger partial charge is 0.261 e. The van der Waals surface area contributed by atoms with E-state index in [9.17, 15) is 18.0 Å². The van der Waals surface area contributed by atoms with Crippen LogP contribution < -0.4 is 10.6 Å². The summed E-state index contributed by atoms with van der Waals surface area (Å²) < 4.78 is 30.3. The summed E-state index contributed by atoms with van der Waals surface area (Å²) in [7, 11) is -4.23. The van der Waals surface area contributed by atoms with Crippen molar-refractivity contribution in [2.45, 2.75) is 49.7 Å². The third-order valence-corrected chi connectivity index (χ3v) is 9.26. The summed E-state index contributed by atoms with van der Waals surface area (Å²) in [6.07, 6.45) is 2.25. The number of rotatable bonds is 6. The minimum atomic E-state index is -4.23. The first-order valence-electron chi connectivity index (χ1n) is 11.7. The van der Waals surface area contributed by atoms with Crippen LogP contribution in [0.4, 0.5) is 11.6 Å². The van der Waals surface area contributed by atoms with E-state index in [1.165, 1.54) is 15.7 Å². The number of sulfonamides is 1. The van der Waals surface area contributed by atoms with Gasteiger partial charge in [0.15, 0.2) is 5.03 Å². The van der Waals surface area contributed by atoms with Gasteiger partial charge in [-0.05, 0) is 50.5 Å². The number of benzene rings is 2. The molecule has 0 saturated carbocycles. The molecule has 5 rings (SSSR count). The van der Waals surface area contributed by atoms with Gasteiger partial charge in [-0.2, -0.15) is 4.31 Å². The van der Waals surface area contributed by atoms with Gasteiger partial charge in [0, 0.05) is 23.0 Å². The highest BCUT2D eigenvalue weighted by Gasteiger charge is 2.53. The van der Waals surface area contributed by atoms with Crippen LogP contribution >= 0.6 is 23.2 Å². The molecule has 3 heterocycles. The molecular weight excluding hydrogens is 537 g/mol. The van der Waals surface area contributed by atoms with Gasteiger partial charge in [-0.1, -0.05) is 53.0 Å². The van der Waals surface area contributed by atoms with Crippen molar-refractivity contribution in [3.63, 3.8) is 0 Å². The Kier molecular flexibility index (Phi) is 6.34. The first-order chi connectivity index (χ1) is 17.4. The third kappa shape index (κ3) is 4.21. The maximum Gasteiger partial charge on any atom is 0.261 e. The lowest BCUT2D eigenvalue weighted by atomic mass is 9.91. The number of nitrogens with zero attached hydrogens (tertiary/aromatic N) is 4. The average Bonchev–Trinajstić information content (AvgIpc) is 3.52. The molecule has 1 fully saturated rings. The second-order valence-corrected chi connectivity index (χ2v) is 12.3. The van der Waals surface area contributed by atoms with Crippen molar-refractivity contribution in [3.8, 4) is 0 Å². The van der Waals surface area contributed by atoms with Crippen LogP contribution in [0.2, 0.25) is 10.0 Å². The highest BCUT2D eigenvalue weighted by molar-refractivity contribution is 7.89. The Hall–Kier alpha value is -2.92. The number of halogens is 2. The summed E-state index contributed by atoms with van der Waals surface area (Å²) in [5.74, 6) is -0.985. The Balaban J connectivity index is 1.70. The molecule has 37 heavy (non-hydrogen) atoms. The van der Waals surface area contributed by atoms with Crippen LogP contribution in [0.25, 0.3) is 0 Å². The van der Waals surface area contributed by atoms with Crippen LogP contribution in [0.5, 0.6) is 0 Å². The number of carbonyl (C=O) groups is 2. The van der Waals surface area contributed by atoms with Gasteiger partial charge in [-0.3, -0.25) is 14.2 Å². The van der Waals surface area contributed by atoms with Gasteiger partial charge in [0.05, 0.1) is 11.9 Å². The summed E-state index contributed by atoms with van der Waals surface area (Å²) >= 11 is 12.5. The molecular formula is C25H25Cl2N5O4S. The van der Waals surface area contributed by atoms with E-state index in [1.807, 2.05) is 31.2 Å². The lowest BCUT2D eigenvalue weighted by molar-refractivity contribution is -0.124. The number of carbonyl (C=O) groups excluding carboxylic acids is 2. The van der Waals surface area contributed by atoms with Gasteiger partial charge in [-0.25, -0.2) is 18.3 Å².